The van der Waals surface area contributed by atoms with Crippen LogP contribution in [0.15, 0.2) is 41.3 Å². The van der Waals surface area contributed by atoms with E-state index < -0.39 is 0 Å². The van der Waals surface area contributed by atoms with E-state index in [1.165, 1.54) is 16.9 Å². The molecule has 0 atom stereocenters. The van der Waals surface area contributed by atoms with Gasteiger partial charge in [0.2, 0.25) is 0 Å². The Labute approximate surface area is 156 Å². The highest BCUT2D eigenvalue weighted by Gasteiger charge is 2.15. The molecule has 3 aromatic rings. The Hall–Kier alpha value is -3.42. The summed E-state index contributed by atoms with van der Waals surface area (Å²) in [4.78, 5) is 23.6. The van der Waals surface area contributed by atoms with Gasteiger partial charge in [0, 0.05) is 12.6 Å². The summed E-state index contributed by atoms with van der Waals surface area (Å²) in [5, 5.41) is 13.4. The molecule has 0 fully saturated rings. The molecule has 27 heavy (non-hydrogen) atoms. The number of carbonyl (C=O) groups is 1. The largest absolute Gasteiger partial charge is 0.496 e. The zero-order chi connectivity index (χ0) is 19.4. The van der Waals surface area contributed by atoms with Gasteiger partial charge in [0.1, 0.15) is 5.75 Å². The molecule has 1 aromatic carbocycles. The van der Waals surface area contributed by atoms with Crippen LogP contribution in [0, 0.1) is 13.8 Å². The Kier molecular flexibility index (Phi) is 5.35. The van der Waals surface area contributed by atoms with Crippen LogP contribution in [-0.4, -0.2) is 39.5 Å². The van der Waals surface area contributed by atoms with Crippen LogP contribution in [0.1, 0.15) is 27.2 Å². The summed E-state index contributed by atoms with van der Waals surface area (Å²) in [7, 11) is 1.63. The molecule has 0 aliphatic carbocycles. The third-order valence-electron chi connectivity index (χ3n) is 4.25. The van der Waals surface area contributed by atoms with E-state index in [1.807, 2.05) is 19.1 Å². The predicted molar refractivity (Wildman–Crippen MR) is 100 cm³/mol. The van der Waals surface area contributed by atoms with Crippen molar-refractivity contribution >= 4 is 5.91 Å². The molecule has 0 bridgehead atoms. The van der Waals surface area contributed by atoms with Crippen LogP contribution in [0.4, 0.5) is 0 Å². The number of nitrogens with zero attached hydrogens (tertiary/aromatic N) is 3. The maximum atomic E-state index is 12.5. The third-order valence-corrected chi connectivity index (χ3v) is 4.25. The molecule has 2 N–H and O–H groups in total. The number of benzene rings is 1. The summed E-state index contributed by atoms with van der Waals surface area (Å²) in [5.74, 6) is 1.04. The quantitative estimate of drug-likeness (QED) is 0.688. The summed E-state index contributed by atoms with van der Waals surface area (Å²) in [6.45, 7) is 4.27. The molecule has 1 amide bonds. The van der Waals surface area contributed by atoms with Gasteiger partial charge in [0.15, 0.2) is 5.82 Å². The van der Waals surface area contributed by atoms with E-state index in [-0.39, 0.29) is 11.5 Å². The average Bonchev–Trinajstić information content (AvgIpc) is 3.04. The summed E-state index contributed by atoms with van der Waals surface area (Å²) in [6.07, 6.45) is 2.15. The minimum Gasteiger partial charge on any atom is -0.496 e. The van der Waals surface area contributed by atoms with Gasteiger partial charge >= 0.3 is 0 Å². The van der Waals surface area contributed by atoms with Crippen LogP contribution in [0.2, 0.25) is 0 Å². The monoisotopic (exact) mass is 367 g/mol. The summed E-state index contributed by atoms with van der Waals surface area (Å²) >= 11 is 0. The third kappa shape index (κ3) is 4.05. The van der Waals surface area contributed by atoms with Crippen LogP contribution in [0.3, 0.4) is 0 Å². The minimum absolute atomic E-state index is 0.213. The number of hydrogen-bond donors (Lipinski definition) is 2. The van der Waals surface area contributed by atoms with Gasteiger partial charge < -0.3 is 10.1 Å². The lowest BCUT2D eigenvalue weighted by Crippen LogP contribution is -2.26. The summed E-state index contributed by atoms with van der Waals surface area (Å²) < 4.78 is 6.87. The molecule has 0 aliphatic rings. The fourth-order valence-electron chi connectivity index (χ4n) is 2.83. The molecular weight excluding hydrogens is 346 g/mol. The first-order valence-corrected chi connectivity index (χ1v) is 8.52. The SMILES string of the molecule is COc1ccc(C)cc1CCNC(=O)c1cnn(-c2ccc(=O)[nH]n2)c1C. The molecule has 0 saturated carbocycles. The Balaban J connectivity index is 1.68. The van der Waals surface area contributed by atoms with E-state index in [0.717, 1.165) is 16.9 Å². The van der Waals surface area contributed by atoms with Crippen LogP contribution in [0.5, 0.6) is 5.75 Å². The van der Waals surface area contributed by atoms with Crippen molar-refractivity contribution in [3.63, 3.8) is 0 Å². The minimum atomic E-state index is -0.298. The zero-order valence-electron chi connectivity index (χ0n) is 15.4. The molecule has 0 spiro atoms. The Morgan fingerprint density at radius 2 is 2.07 bits per heavy atom. The van der Waals surface area contributed by atoms with Crippen molar-refractivity contribution in [3.05, 3.63) is 69.3 Å². The van der Waals surface area contributed by atoms with Gasteiger partial charge in [0.25, 0.3) is 11.5 Å². The van der Waals surface area contributed by atoms with Crippen molar-refractivity contribution in [2.24, 2.45) is 0 Å². The topological polar surface area (TPSA) is 102 Å². The number of aromatic nitrogens is 4. The fraction of sp³-hybridized carbons (Fsp3) is 0.263. The van der Waals surface area contributed by atoms with E-state index in [4.69, 9.17) is 4.74 Å². The molecule has 8 heteroatoms. The van der Waals surface area contributed by atoms with Gasteiger partial charge in [-0.15, -0.1) is 0 Å². The first-order valence-electron chi connectivity index (χ1n) is 8.52. The Morgan fingerprint density at radius 1 is 1.26 bits per heavy atom. The second-order valence-electron chi connectivity index (χ2n) is 6.16. The highest BCUT2D eigenvalue weighted by Crippen LogP contribution is 2.20. The van der Waals surface area contributed by atoms with Gasteiger partial charge in [0.05, 0.1) is 24.6 Å². The average molecular weight is 367 g/mol. The summed E-state index contributed by atoms with van der Waals surface area (Å²) in [5.41, 5.74) is 2.98. The molecule has 2 aromatic heterocycles. The fourth-order valence-corrected chi connectivity index (χ4v) is 2.83. The highest BCUT2D eigenvalue weighted by molar-refractivity contribution is 5.95. The van der Waals surface area contributed by atoms with Crippen molar-refractivity contribution in [1.82, 2.24) is 25.3 Å². The standard InChI is InChI=1S/C19H21N5O3/c1-12-4-5-16(27-3)14(10-12)8-9-20-19(26)15-11-21-24(13(15)2)17-6-7-18(25)23-22-17/h4-7,10-11H,8-9H2,1-3H3,(H,20,26)(H,23,25). The van der Waals surface area contributed by atoms with Crippen molar-refractivity contribution in [2.75, 3.05) is 13.7 Å². The number of rotatable bonds is 6. The van der Waals surface area contributed by atoms with Crippen molar-refractivity contribution in [1.29, 1.82) is 0 Å². The lowest BCUT2D eigenvalue weighted by Gasteiger charge is -2.10. The van der Waals surface area contributed by atoms with E-state index in [0.29, 0.717) is 30.0 Å². The molecule has 0 unspecified atom stereocenters. The first-order chi connectivity index (χ1) is 13.0. The highest BCUT2D eigenvalue weighted by atomic mass is 16.5. The second-order valence-corrected chi connectivity index (χ2v) is 6.16. The number of aromatic amines is 1. The van der Waals surface area contributed by atoms with Crippen LogP contribution >= 0.6 is 0 Å². The smallest absolute Gasteiger partial charge is 0.264 e. The molecule has 2 heterocycles. The van der Waals surface area contributed by atoms with Gasteiger partial charge in [-0.05, 0) is 38.0 Å². The molecule has 140 valence electrons. The van der Waals surface area contributed by atoms with Crippen molar-refractivity contribution in [2.45, 2.75) is 20.3 Å². The molecule has 0 aliphatic heterocycles. The molecule has 0 radical (unpaired) electrons. The number of H-pyrrole nitrogens is 1. The first kappa shape index (κ1) is 18.4. The number of ether oxygens (including phenoxy) is 1. The molecule has 8 nitrogen and oxygen atoms in total. The molecule has 3 rings (SSSR count). The lowest BCUT2D eigenvalue weighted by atomic mass is 10.1. The van der Waals surface area contributed by atoms with Gasteiger partial charge in [-0.2, -0.15) is 10.2 Å². The number of amides is 1. The summed E-state index contributed by atoms with van der Waals surface area (Å²) in [6, 6.07) is 8.88. The van der Waals surface area contributed by atoms with E-state index in [1.54, 1.807) is 20.1 Å². The van der Waals surface area contributed by atoms with E-state index >= 15 is 0 Å². The number of methoxy groups -OCH3 is 1. The van der Waals surface area contributed by atoms with E-state index in [2.05, 4.69) is 26.7 Å². The van der Waals surface area contributed by atoms with Gasteiger partial charge in [-0.25, -0.2) is 9.78 Å². The zero-order valence-corrected chi connectivity index (χ0v) is 15.4. The van der Waals surface area contributed by atoms with Crippen molar-refractivity contribution in [3.8, 4) is 11.6 Å². The van der Waals surface area contributed by atoms with Crippen LogP contribution in [0.25, 0.3) is 5.82 Å². The number of aryl methyl sites for hydroxylation is 1. The maximum absolute atomic E-state index is 12.5. The van der Waals surface area contributed by atoms with Gasteiger partial charge in [-0.1, -0.05) is 17.7 Å². The Bertz CT molecular complexity index is 1000. The van der Waals surface area contributed by atoms with Crippen LogP contribution in [-0.2, 0) is 6.42 Å². The number of carbonyl (C=O) groups excluding carboxylic acids is 1. The number of hydrogen-bond acceptors (Lipinski definition) is 5. The van der Waals surface area contributed by atoms with E-state index in [9.17, 15) is 9.59 Å². The van der Waals surface area contributed by atoms with Gasteiger partial charge in [-0.3, -0.25) is 9.59 Å². The molecular formula is C19H21N5O3. The Morgan fingerprint density at radius 3 is 2.78 bits per heavy atom. The van der Waals surface area contributed by atoms with Crippen LogP contribution < -0.4 is 15.6 Å². The second kappa shape index (κ2) is 7.86. The normalized spacial score (nSPS) is 10.6. The molecule has 0 saturated heterocycles. The maximum Gasteiger partial charge on any atom is 0.264 e. The van der Waals surface area contributed by atoms with Crippen molar-refractivity contribution < 1.29 is 9.53 Å². The predicted octanol–water partition coefficient (Wildman–Crippen LogP) is 1.55. The lowest BCUT2D eigenvalue weighted by molar-refractivity contribution is 0.0953. The number of nitrogens with one attached hydrogen (secondary N) is 2.